The first kappa shape index (κ1) is 13.2. The van der Waals surface area contributed by atoms with E-state index in [0.717, 1.165) is 39.7 Å². The van der Waals surface area contributed by atoms with E-state index in [-0.39, 0.29) is 0 Å². The first-order valence-corrected chi connectivity index (χ1v) is 7.60. The highest BCUT2D eigenvalue weighted by Gasteiger charge is 2.13. The van der Waals surface area contributed by atoms with E-state index in [9.17, 15) is 0 Å². The van der Waals surface area contributed by atoms with Crippen molar-refractivity contribution >= 4 is 26.9 Å². The average Bonchev–Trinajstić information content (AvgIpc) is 2.91. The summed E-state index contributed by atoms with van der Waals surface area (Å²) in [6, 6.07) is 15.9. The Balaban J connectivity index is 1.89. The zero-order chi connectivity index (χ0) is 13.8. The number of aromatic nitrogens is 1. The lowest BCUT2D eigenvalue weighted by Crippen LogP contribution is -1.96. The highest BCUT2D eigenvalue weighted by Crippen LogP contribution is 2.30. The van der Waals surface area contributed by atoms with Crippen LogP contribution in [0.25, 0.3) is 11.0 Å². The molecule has 0 unspecified atom stereocenters. The lowest BCUT2D eigenvalue weighted by Gasteiger charge is -2.07. The van der Waals surface area contributed by atoms with Crippen LogP contribution in [-0.4, -0.2) is 10.5 Å². The number of halogens is 1. The molecule has 2 aromatic carbocycles. The van der Waals surface area contributed by atoms with Gasteiger partial charge in [-0.15, -0.1) is 0 Å². The number of hydrogen-bond acceptors (Lipinski definition) is 3. The Morgan fingerprint density at radius 2 is 1.90 bits per heavy atom. The van der Waals surface area contributed by atoms with E-state index in [1.807, 2.05) is 48.5 Å². The van der Waals surface area contributed by atoms with Gasteiger partial charge in [-0.3, -0.25) is 0 Å². The summed E-state index contributed by atoms with van der Waals surface area (Å²) in [5, 5.41) is 5.94. The Labute approximate surface area is 125 Å². The molecule has 0 fully saturated rings. The van der Waals surface area contributed by atoms with E-state index in [1.165, 1.54) is 0 Å². The molecule has 0 N–H and O–H groups in total. The smallest absolute Gasteiger partial charge is 0.170 e. The number of benzene rings is 2. The van der Waals surface area contributed by atoms with Crippen molar-refractivity contribution in [1.82, 2.24) is 5.16 Å². The molecule has 1 heterocycles. The summed E-state index contributed by atoms with van der Waals surface area (Å²) in [6.45, 7) is 0.541. The lowest BCUT2D eigenvalue weighted by atomic mass is 10.1. The molecular weight excluding hydrogens is 318 g/mol. The van der Waals surface area contributed by atoms with Crippen LogP contribution in [0.15, 0.2) is 53.1 Å². The normalized spacial score (nSPS) is 10.8. The minimum Gasteiger partial charge on any atom is -0.488 e. The van der Waals surface area contributed by atoms with Crippen LogP contribution in [0.1, 0.15) is 11.3 Å². The van der Waals surface area contributed by atoms with E-state index >= 15 is 0 Å². The maximum Gasteiger partial charge on any atom is 0.170 e. The number of nitrogens with zero attached hydrogens (tertiary/aromatic N) is 1. The summed E-state index contributed by atoms with van der Waals surface area (Å²) in [5.74, 6) is 0.823. The van der Waals surface area contributed by atoms with Crippen LogP contribution in [0.3, 0.4) is 0 Å². The largest absolute Gasteiger partial charge is 0.488 e. The van der Waals surface area contributed by atoms with Gasteiger partial charge in [0.15, 0.2) is 5.58 Å². The molecule has 3 nitrogen and oxygen atoms in total. The van der Waals surface area contributed by atoms with Crippen molar-refractivity contribution in [2.75, 3.05) is 5.33 Å². The van der Waals surface area contributed by atoms with Gasteiger partial charge in [0.05, 0.1) is 11.1 Å². The van der Waals surface area contributed by atoms with Crippen LogP contribution in [0.2, 0.25) is 0 Å². The fraction of sp³-hybridized carbons (Fsp3) is 0.188. The SMILES string of the molecule is BrCCc1noc2cccc(OCc3ccccc3)c12. The maximum atomic E-state index is 5.94. The van der Waals surface area contributed by atoms with Crippen LogP contribution in [0, 0.1) is 0 Å². The van der Waals surface area contributed by atoms with Gasteiger partial charge in [-0.25, -0.2) is 0 Å². The number of hydrogen-bond donors (Lipinski definition) is 0. The van der Waals surface area contributed by atoms with Crippen LogP contribution < -0.4 is 4.74 Å². The molecule has 0 aliphatic carbocycles. The Morgan fingerprint density at radius 1 is 1.05 bits per heavy atom. The molecule has 0 atom stereocenters. The lowest BCUT2D eigenvalue weighted by molar-refractivity contribution is 0.310. The molecule has 0 radical (unpaired) electrons. The van der Waals surface area contributed by atoms with Crippen molar-refractivity contribution in [3.63, 3.8) is 0 Å². The molecule has 3 rings (SSSR count). The molecule has 0 amide bonds. The van der Waals surface area contributed by atoms with Gasteiger partial charge in [0.2, 0.25) is 0 Å². The van der Waals surface area contributed by atoms with Gasteiger partial charge < -0.3 is 9.26 Å². The second-order valence-corrected chi connectivity index (χ2v) is 5.26. The Morgan fingerprint density at radius 3 is 2.70 bits per heavy atom. The average molecular weight is 332 g/mol. The van der Waals surface area contributed by atoms with Crippen molar-refractivity contribution in [2.24, 2.45) is 0 Å². The fourth-order valence-electron chi connectivity index (χ4n) is 2.14. The molecule has 20 heavy (non-hydrogen) atoms. The number of fused-ring (bicyclic) bond motifs is 1. The monoisotopic (exact) mass is 331 g/mol. The van der Waals surface area contributed by atoms with E-state index < -0.39 is 0 Å². The van der Waals surface area contributed by atoms with E-state index in [0.29, 0.717) is 6.61 Å². The molecule has 0 aliphatic heterocycles. The number of alkyl halides is 1. The van der Waals surface area contributed by atoms with Crippen LogP contribution >= 0.6 is 15.9 Å². The molecule has 1 aromatic heterocycles. The van der Waals surface area contributed by atoms with E-state index in [1.54, 1.807) is 0 Å². The van der Waals surface area contributed by atoms with Crippen molar-refractivity contribution in [3.8, 4) is 5.75 Å². The molecule has 4 heteroatoms. The fourth-order valence-corrected chi connectivity index (χ4v) is 2.51. The zero-order valence-electron chi connectivity index (χ0n) is 10.9. The number of rotatable bonds is 5. The first-order chi connectivity index (χ1) is 9.88. The Bertz CT molecular complexity index is 694. The van der Waals surface area contributed by atoms with Gasteiger partial charge in [-0.1, -0.05) is 57.5 Å². The molecular formula is C16H14BrNO2. The van der Waals surface area contributed by atoms with Gasteiger partial charge in [0.25, 0.3) is 0 Å². The van der Waals surface area contributed by atoms with Crippen LogP contribution in [0.5, 0.6) is 5.75 Å². The predicted molar refractivity (Wildman–Crippen MR) is 82.3 cm³/mol. The summed E-state index contributed by atoms with van der Waals surface area (Å²) in [6.07, 6.45) is 0.818. The van der Waals surface area contributed by atoms with Gasteiger partial charge in [0.1, 0.15) is 12.4 Å². The third-order valence-electron chi connectivity index (χ3n) is 3.10. The summed E-state index contributed by atoms with van der Waals surface area (Å²) in [7, 11) is 0. The molecule has 0 bridgehead atoms. The van der Waals surface area contributed by atoms with E-state index in [4.69, 9.17) is 9.26 Å². The van der Waals surface area contributed by atoms with Crippen LogP contribution in [0.4, 0.5) is 0 Å². The maximum absolute atomic E-state index is 5.94. The molecule has 0 aliphatic rings. The summed E-state index contributed by atoms with van der Waals surface area (Å²) in [5.41, 5.74) is 2.84. The van der Waals surface area contributed by atoms with E-state index in [2.05, 4.69) is 21.1 Å². The van der Waals surface area contributed by atoms with Gasteiger partial charge in [-0.2, -0.15) is 0 Å². The Kier molecular flexibility index (Phi) is 4.02. The predicted octanol–water partition coefficient (Wildman–Crippen LogP) is 4.34. The summed E-state index contributed by atoms with van der Waals surface area (Å²) >= 11 is 3.43. The van der Waals surface area contributed by atoms with Crippen LogP contribution in [-0.2, 0) is 13.0 Å². The highest BCUT2D eigenvalue weighted by atomic mass is 79.9. The third-order valence-corrected chi connectivity index (χ3v) is 3.50. The van der Waals surface area contributed by atoms with Gasteiger partial charge in [-0.05, 0) is 17.7 Å². The van der Waals surface area contributed by atoms with Crippen molar-refractivity contribution in [3.05, 3.63) is 59.8 Å². The highest BCUT2D eigenvalue weighted by molar-refractivity contribution is 9.09. The van der Waals surface area contributed by atoms with Crippen molar-refractivity contribution < 1.29 is 9.26 Å². The minimum absolute atomic E-state index is 0.541. The Hall–Kier alpha value is -1.81. The quantitative estimate of drug-likeness (QED) is 0.652. The first-order valence-electron chi connectivity index (χ1n) is 6.48. The molecule has 0 saturated heterocycles. The zero-order valence-corrected chi connectivity index (χ0v) is 12.5. The molecule has 3 aromatic rings. The van der Waals surface area contributed by atoms with Gasteiger partial charge in [0, 0.05) is 11.8 Å². The van der Waals surface area contributed by atoms with Gasteiger partial charge >= 0.3 is 0 Å². The number of aryl methyl sites for hydroxylation is 1. The second-order valence-electron chi connectivity index (χ2n) is 4.47. The molecule has 102 valence electrons. The van der Waals surface area contributed by atoms with Crippen molar-refractivity contribution in [1.29, 1.82) is 0 Å². The second kappa shape index (κ2) is 6.09. The molecule has 0 saturated carbocycles. The summed E-state index contributed by atoms with van der Waals surface area (Å²) < 4.78 is 11.3. The van der Waals surface area contributed by atoms with Crippen molar-refractivity contribution in [2.45, 2.75) is 13.0 Å². The molecule has 0 spiro atoms. The minimum atomic E-state index is 0.541. The summed E-state index contributed by atoms with van der Waals surface area (Å²) in [4.78, 5) is 0. The number of ether oxygens (including phenoxy) is 1. The topological polar surface area (TPSA) is 35.3 Å². The standard InChI is InChI=1S/C16H14BrNO2/c17-10-9-13-16-14(7-4-8-15(16)20-18-13)19-11-12-5-2-1-3-6-12/h1-8H,9-11H2. The third kappa shape index (κ3) is 2.70.